The van der Waals surface area contributed by atoms with Crippen molar-refractivity contribution in [3.63, 3.8) is 0 Å². The number of aromatic nitrogens is 4. The van der Waals surface area contributed by atoms with E-state index in [2.05, 4.69) is 20.5 Å². The van der Waals surface area contributed by atoms with Crippen LogP contribution in [-0.2, 0) is 6.54 Å². The molecular formula is C21H14ClN5O2. The third kappa shape index (κ3) is 3.21. The highest BCUT2D eigenvalue weighted by atomic mass is 35.5. The number of furan rings is 1. The van der Waals surface area contributed by atoms with Crippen LogP contribution in [0.4, 0.5) is 5.69 Å². The highest BCUT2D eigenvalue weighted by Gasteiger charge is 2.11. The number of nitrogens with one attached hydrogen (secondary N) is 1. The van der Waals surface area contributed by atoms with Gasteiger partial charge < -0.3 is 9.73 Å². The van der Waals surface area contributed by atoms with Crippen LogP contribution in [0.15, 0.2) is 65.3 Å². The molecule has 0 unspecified atom stereocenters. The number of hydrogen-bond acceptors (Lipinski definition) is 6. The van der Waals surface area contributed by atoms with Crippen LogP contribution in [0.1, 0.15) is 16.2 Å². The van der Waals surface area contributed by atoms with Crippen molar-refractivity contribution in [3.05, 3.63) is 77.4 Å². The lowest BCUT2D eigenvalue weighted by atomic mass is 10.1. The number of carbonyl (C=O) groups excluding carboxylic acids is 1. The maximum atomic E-state index is 10.8. The van der Waals surface area contributed by atoms with E-state index >= 15 is 0 Å². The fraction of sp³-hybridized carbons (Fsp3) is 0.0476. The predicted octanol–water partition coefficient (Wildman–Crippen LogP) is 4.62. The summed E-state index contributed by atoms with van der Waals surface area (Å²) in [6.07, 6.45) is 2.31. The third-order valence-corrected chi connectivity index (χ3v) is 4.88. The number of hydrogen-bond donors (Lipinski definition) is 1. The summed E-state index contributed by atoms with van der Waals surface area (Å²) >= 11 is 6.18. The van der Waals surface area contributed by atoms with Gasteiger partial charge in [-0.15, -0.1) is 10.2 Å². The van der Waals surface area contributed by atoms with Crippen LogP contribution in [0.25, 0.3) is 28.0 Å². The Balaban J connectivity index is 1.47. The van der Waals surface area contributed by atoms with Crippen molar-refractivity contribution in [2.75, 3.05) is 5.32 Å². The number of anilines is 1. The monoisotopic (exact) mass is 403 g/mol. The Kier molecular flexibility index (Phi) is 4.22. The minimum absolute atomic E-state index is 0.300. The maximum Gasteiger partial charge on any atom is 0.255 e. The molecule has 0 aliphatic heterocycles. The summed E-state index contributed by atoms with van der Waals surface area (Å²) in [5.41, 5.74) is 3.51. The molecule has 0 saturated carbocycles. The van der Waals surface area contributed by atoms with Crippen molar-refractivity contribution in [1.29, 1.82) is 0 Å². The summed E-state index contributed by atoms with van der Waals surface area (Å²) in [6, 6.07) is 16.9. The Labute approximate surface area is 170 Å². The molecule has 0 fully saturated rings. The Morgan fingerprint density at radius 1 is 1.14 bits per heavy atom. The lowest BCUT2D eigenvalue weighted by Crippen LogP contribution is -2.05. The molecule has 0 aliphatic rings. The lowest BCUT2D eigenvalue weighted by molar-refractivity contribution is 0.110. The number of nitrogens with zero attached hydrogens (tertiary/aromatic N) is 4. The molecule has 7 nitrogen and oxygen atoms in total. The van der Waals surface area contributed by atoms with Gasteiger partial charge in [-0.25, -0.2) is 4.98 Å². The van der Waals surface area contributed by atoms with E-state index in [9.17, 15) is 4.79 Å². The normalized spacial score (nSPS) is 11.2. The van der Waals surface area contributed by atoms with E-state index in [4.69, 9.17) is 16.0 Å². The first kappa shape index (κ1) is 17.4. The quantitative estimate of drug-likeness (QED) is 0.431. The Morgan fingerprint density at radius 2 is 2.07 bits per heavy atom. The second-order valence-electron chi connectivity index (χ2n) is 6.48. The van der Waals surface area contributed by atoms with Gasteiger partial charge in [-0.1, -0.05) is 23.7 Å². The van der Waals surface area contributed by atoms with Crippen LogP contribution >= 0.6 is 11.6 Å². The van der Waals surface area contributed by atoms with E-state index in [1.54, 1.807) is 18.5 Å². The van der Waals surface area contributed by atoms with Crippen molar-refractivity contribution in [3.8, 4) is 11.3 Å². The van der Waals surface area contributed by atoms with Gasteiger partial charge in [-0.3, -0.25) is 9.20 Å². The van der Waals surface area contributed by atoms with Gasteiger partial charge >= 0.3 is 0 Å². The molecule has 0 aliphatic carbocycles. The molecule has 0 atom stereocenters. The fourth-order valence-electron chi connectivity index (χ4n) is 3.28. The molecule has 2 aromatic carbocycles. The van der Waals surface area contributed by atoms with E-state index in [1.165, 1.54) is 0 Å². The Morgan fingerprint density at radius 3 is 2.93 bits per heavy atom. The molecule has 0 bridgehead atoms. The number of fused-ring (bicyclic) bond motifs is 3. The van der Waals surface area contributed by atoms with E-state index < -0.39 is 0 Å². The molecule has 5 rings (SSSR count). The minimum Gasteiger partial charge on any atom is -0.453 e. The van der Waals surface area contributed by atoms with Gasteiger partial charge in [0, 0.05) is 21.7 Å². The molecule has 0 saturated heterocycles. The molecule has 0 radical (unpaired) electrons. The highest BCUT2D eigenvalue weighted by Crippen LogP contribution is 2.26. The smallest absolute Gasteiger partial charge is 0.255 e. The van der Waals surface area contributed by atoms with Crippen LogP contribution in [-0.4, -0.2) is 25.9 Å². The number of benzene rings is 2. The standard InChI is InChI=1S/C21H14ClN5O2/c22-14-4-6-17-18(25-21-26-24-12-27(21)19(17)9-14)10-23-15-3-1-2-13(8-15)20-7-5-16(11-28)29-20/h1-9,11-12,23H,10H2. The van der Waals surface area contributed by atoms with Crippen LogP contribution in [0.5, 0.6) is 0 Å². The van der Waals surface area contributed by atoms with Crippen LogP contribution in [0.2, 0.25) is 5.02 Å². The van der Waals surface area contributed by atoms with Crippen molar-refractivity contribution in [1.82, 2.24) is 19.6 Å². The average Bonchev–Trinajstić information content (AvgIpc) is 3.41. The average molecular weight is 404 g/mol. The molecular weight excluding hydrogens is 390 g/mol. The van der Waals surface area contributed by atoms with Gasteiger partial charge in [-0.2, -0.15) is 0 Å². The summed E-state index contributed by atoms with van der Waals surface area (Å²) in [5.74, 6) is 1.45. The highest BCUT2D eigenvalue weighted by molar-refractivity contribution is 6.31. The molecule has 1 N–H and O–H groups in total. The van der Waals surface area contributed by atoms with E-state index in [0.717, 1.165) is 27.8 Å². The molecule has 142 valence electrons. The van der Waals surface area contributed by atoms with Crippen LogP contribution < -0.4 is 5.32 Å². The summed E-state index contributed by atoms with van der Waals surface area (Å²) in [5, 5.41) is 13.0. The molecule has 0 amide bonds. The van der Waals surface area contributed by atoms with Gasteiger partial charge in [-0.05, 0) is 42.5 Å². The topological polar surface area (TPSA) is 85.3 Å². The Hall–Kier alpha value is -3.71. The van der Waals surface area contributed by atoms with Gasteiger partial charge in [0.2, 0.25) is 0 Å². The predicted molar refractivity (Wildman–Crippen MR) is 110 cm³/mol. The summed E-state index contributed by atoms with van der Waals surface area (Å²) in [6.45, 7) is 0.489. The van der Waals surface area contributed by atoms with Crippen molar-refractivity contribution < 1.29 is 9.21 Å². The molecule has 29 heavy (non-hydrogen) atoms. The summed E-state index contributed by atoms with van der Waals surface area (Å²) < 4.78 is 7.32. The van der Waals surface area contributed by atoms with Gasteiger partial charge in [0.05, 0.1) is 17.8 Å². The number of aldehydes is 1. The van der Waals surface area contributed by atoms with Crippen molar-refractivity contribution in [2.24, 2.45) is 0 Å². The first-order valence-corrected chi connectivity index (χ1v) is 9.26. The van der Waals surface area contributed by atoms with E-state index in [0.29, 0.717) is 35.2 Å². The molecule has 8 heteroatoms. The zero-order valence-electron chi connectivity index (χ0n) is 15.0. The van der Waals surface area contributed by atoms with Gasteiger partial charge in [0.15, 0.2) is 12.0 Å². The van der Waals surface area contributed by atoms with Crippen molar-refractivity contribution >= 4 is 40.3 Å². The molecule has 0 spiro atoms. The van der Waals surface area contributed by atoms with Crippen LogP contribution in [0, 0.1) is 0 Å². The van der Waals surface area contributed by atoms with E-state index in [-0.39, 0.29) is 0 Å². The first-order chi connectivity index (χ1) is 14.2. The number of carbonyl (C=O) groups is 1. The molecule has 5 aromatic rings. The zero-order chi connectivity index (χ0) is 19.8. The van der Waals surface area contributed by atoms with Crippen molar-refractivity contribution in [2.45, 2.75) is 6.54 Å². The minimum atomic E-state index is 0.300. The molecule has 3 heterocycles. The second-order valence-corrected chi connectivity index (χ2v) is 6.91. The van der Waals surface area contributed by atoms with Crippen LogP contribution in [0.3, 0.4) is 0 Å². The van der Waals surface area contributed by atoms with Gasteiger partial charge in [0.25, 0.3) is 5.78 Å². The molecule has 3 aromatic heterocycles. The zero-order valence-corrected chi connectivity index (χ0v) is 15.8. The number of halogens is 1. The third-order valence-electron chi connectivity index (χ3n) is 4.64. The number of rotatable bonds is 5. The SMILES string of the molecule is O=Cc1ccc(-c2cccc(NCc3nc4nncn4c4cc(Cl)ccc34)c2)o1. The maximum absolute atomic E-state index is 10.8. The fourth-order valence-corrected chi connectivity index (χ4v) is 3.44. The van der Waals surface area contributed by atoms with Gasteiger partial charge in [0.1, 0.15) is 12.1 Å². The first-order valence-electron chi connectivity index (χ1n) is 8.88. The summed E-state index contributed by atoms with van der Waals surface area (Å²) in [7, 11) is 0. The second kappa shape index (κ2) is 7.03. The largest absolute Gasteiger partial charge is 0.453 e. The Bertz CT molecular complexity index is 1360. The lowest BCUT2D eigenvalue weighted by Gasteiger charge is -2.11. The van der Waals surface area contributed by atoms with E-state index in [1.807, 2.05) is 46.9 Å². The summed E-state index contributed by atoms with van der Waals surface area (Å²) in [4.78, 5) is 15.5.